The third kappa shape index (κ3) is 4.25. The highest BCUT2D eigenvalue weighted by Gasteiger charge is 2.07. The fourth-order valence-electron chi connectivity index (χ4n) is 1.72. The highest BCUT2D eigenvalue weighted by Crippen LogP contribution is 2.31. The smallest absolute Gasteiger partial charge is 0.171 e. The van der Waals surface area contributed by atoms with Gasteiger partial charge in [0.25, 0.3) is 0 Å². The molecule has 0 unspecified atom stereocenters. The lowest BCUT2D eigenvalue weighted by atomic mass is 10.2. The largest absolute Gasteiger partial charge is 0.504 e. The topological polar surface area (TPSA) is 53.8 Å². The Hall–Kier alpha value is -1.47. The highest BCUT2D eigenvalue weighted by atomic mass is 127. The number of hydrazone groups is 1. The van der Waals surface area contributed by atoms with Crippen molar-refractivity contribution in [3.63, 3.8) is 0 Å². The molecule has 0 aromatic heterocycles. The molecule has 2 aromatic carbocycles. The van der Waals surface area contributed by atoms with E-state index in [9.17, 15) is 5.11 Å². The molecule has 6 heteroatoms. The summed E-state index contributed by atoms with van der Waals surface area (Å²) in [4.78, 5) is 0. The average molecular weight is 417 g/mol. The van der Waals surface area contributed by atoms with Gasteiger partial charge in [-0.1, -0.05) is 29.8 Å². The van der Waals surface area contributed by atoms with E-state index in [1.54, 1.807) is 12.3 Å². The number of methoxy groups -OCH3 is 1. The second-order valence-corrected chi connectivity index (χ2v) is 5.81. The number of phenols is 1. The molecular formula is C15H14ClIN2O2. The molecule has 0 saturated heterocycles. The Kier molecular flexibility index (Phi) is 5.69. The summed E-state index contributed by atoms with van der Waals surface area (Å²) in [6.07, 6.45) is 1.67. The Bertz CT molecular complexity index is 662. The molecule has 0 fully saturated rings. The first-order valence-corrected chi connectivity index (χ1v) is 7.63. The number of ether oxygens (including phenoxy) is 1. The quantitative estimate of drug-likeness (QED) is 0.443. The molecule has 0 atom stereocenters. The maximum absolute atomic E-state index is 9.77. The molecule has 0 aliphatic rings. The van der Waals surface area contributed by atoms with E-state index < -0.39 is 0 Å². The summed E-state index contributed by atoms with van der Waals surface area (Å²) < 4.78 is 5.81. The van der Waals surface area contributed by atoms with Gasteiger partial charge in [0.2, 0.25) is 0 Å². The first-order valence-electron chi connectivity index (χ1n) is 6.17. The maximum atomic E-state index is 9.77. The summed E-state index contributed by atoms with van der Waals surface area (Å²) in [5.74, 6) is 0.564. The zero-order valence-electron chi connectivity index (χ0n) is 11.3. The normalized spacial score (nSPS) is 10.8. The second kappa shape index (κ2) is 7.51. The number of benzene rings is 2. The molecule has 0 aliphatic heterocycles. The van der Waals surface area contributed by atoms with Crippen LogP contribution in [0.25, 0.3) is 0 Å². The van der Waals surface area contributed by atoms with Gasteiger partial charge in [-0.25, -0.2) is 0 Å². The van der Waals surface area contributed by atoms with E-state index in [0.717, 1.165) is 11.1 Å². The van der Waals surface area contributed by atoms with Crippen LogP contribution in [0.15, 0.2) is 41.5 Å². The van der Waals surface area contributed by atoms with Crippen LogP contribution in [0.5, 0.6) is 11.5 Å². The van der Waals surface area contributed by atoms with E-state index >= 15 is 0 Å². The van der Waals surface area contributed by atoms with Crippen molar-refractivity contribution in [2.24, 2.45) is 5.10 Å². The summed E-state index contributed by atoms with van der Waals surface area (Å²) in [7, 11) is 1.52. The minimum Gasteiger partial charge on any atom is -0.504 e. The standard InChI is InChI=1S/C15H14ClIN2O2/c1-21-14-7-10(6-13(17)15(14)20)8-18-19-9-11-4-2-3-5-12(11)16/h2-8,19-20H,9H2,1H3/b18-8-. The van der Waals surface area contributed by atoms with Crippen molar-refractivity contribution in [1.82, 2.24) is 5.43 Å². The van der Waals surface area contributed by atoms with E-state index in [-0.39, 0.29) is 5.75 Å². The first kappa shape index (κ1) is 15.9. The van der Waals surface area contributed by atoms with Crippen LogP contribution in [0.1, 0.15) is 11.1 Å². The van der Waals surface area contributed by atoms with Crippen LogP contribution < -0.4 is 10.2 Å². The van der Waals surface area contributed by atoms with Crippen molar-refractivity contribution in [2.75, 3.05) is 7.11 Å². The van der Waals surface area contributed by atoms with Crippen LogP contribution in [-0.2, 0) is 6.54 Å². The lowest BCUT2D eigenvalue weighted by Gasteiger charge is -2.06. The summed E-state index contributed by atoms with van der Waals surface area (Å²) >= 11 is 8.10. The SMILES string of the molecule is COc1cc(/C=N\NCc2ccccc2Cl)cc(I)c1O. The maximum Gasteiger partial charge on any atom is 0.171 e. The van der Waals surface area contributed by atoms with Crippen LogP contribution >= 0.6 is 34.2 Å². The first-order chi connectivity index (χ1) is 10.1. The Morgan fingerprint density at radius 1 is 1.38 bits per heavy atom. The van der Waals surface area contributed by atoms with Gasteiger partial charge in [0.15, 0.2) is 11.5 Å². The lowest BCUT2D eigenvalue weighted by Crippen LogP contribution is -2.06. The van der Waals surface area contributed by atoms with Crippen LogP contribution in [0.2, 0.25) is 5.02 Å². The number of aromatic hydroxyl groups is 1. The highest BCUT2D eigenvalue weighted by molar-refractivity contribution is 14.1. The number of nitrogens with zero attached hydrogens (tertiary/aromatic N) is 1. The van der Waals surface area contributed by atoms with E-state index in [1.807, 2.05) is 52.9 Å². The van der Waals surface area contributed by atoms with Crippen LogP contribution in [0.4, 0.5) is 0 Å². The summed E-state index contributed by atoms with van der Waals surface area (Å²) in [6.45, 7) is 0.544. The third-order valence-corrected chi connectivity index (χ3v) is 3.99. The van der Waals surface area contributed by atoms with Crippen molar-refractivity contribution in [2.45, 2.75) is 6.54 Å². The van der Waals surface area contributed by atoms with Gasteiger partial charge in [0.1, 0.15) is 0 Å². The number of halogens is 2. The molecule has 0 saturated carbocycles. The van der Waals surface area contributed by atoms with Crippen molar-refractivity contribution in [3.8, 4) is 11.5 Å². The van der Waals surface area contributed by atoms with Gasteiger partial charge in [0.05, 0.1) is 23.4 Å². The summed E-state index contributed by atoms with van der Waals surface area (Å²) in [6, 6.07) is 11.1. The molecule has 110 valence electrons. The van der Waals surface area contributed by atoms with Gasteiger partial charge >= 0.3 is 0 Å². The van der Waals surface area contributed by atoms with Crippen LogP contribution in [0.3, 0.4) is 0 Å². The Balaban J connectivity index is 2.02. The molecule has 4 nitrogen and oxygen atoms in total. The molecular weight excluding hydrogens is 403 g/mol. The van der Waals surface area contributed by atoms with Gasteiger partial charge in [0, 0.05) is 5.02 Å². The number of nitrogens with one attached hydrogen (secondary N) is 1. The molecule has 0 heterocycles. The molecule has 0 aliphatic carbocycles. The zero-order valence-corrected chi connectivity index (χ0v) is 14.2. The number of hydrogen-bond donors (Lipinski definition) is 2. The minimum atomic E-state index is 0.138. The summed E-state index contributed by atoms with van der Waals surface area (Å²) in [5.41, 5.74) is 4.76. The van der Waals surface area contributed by atoms with Crippen molar-refractivity contribution in [3.05, 3.63) is 56.1 Å². The van der Waals surface area contributed by atoms with Gasteiger partial charge < -0.3 is 15.3 Å². The van der Waals surface area contributed by atoms with Gasteiger partial charge in [-0.05, 0) is 51.9 Å². The van der Waals surface area contributed by atoms with E-state index in [1.165, 1.54) is 7.11 Å². The molecule has 0 radical (unpaired) electrons. The van der Waals surface area contributed by atoms with Gasteiger partial charge in [-0.3, -0.25) is 0 Å². The Labute approximate surface area is 141 Å². The fraction of sp³-hybridized carbons (Fsp3) is 0.133. The molecule has 0 bridgehead atoms. The predicted molar refractivity (Wildman–Crippen MR) is 93.3 cm³/mol. The molecule has 0 amide bonds. The van der Waals surface area contributed by atoms with E-state index in [2.05, 4.69) is 10.5 Å². The van der Waals surface area contributed by atoms with Crippen molar-refractivity contribution in [1.29, 1.82) is 0 Å². The Morgan fingerprint density at radius 2 is 2.14 bits per heavy atom. The third-order valence-electron chi connectivity index (χ3n) is 2.80. The van der Waals surface area contributed by atoms with Crippen molar-refractivity contribution < 1.29 is 9.84 Å². The fourth-order valence-corrected chi connectivity index (χ4v) is 2.54. The molecule has 0 spiro atoms. The van der Waals surface area contributed by atoms with Crippen molar-refractivity contribution >= 4 is 40.4 Å². The predicted octanol–water partition coefficient (Wildman–Crippen LogP) is 3.78. The molecule has 2 N–H and O–H groups in total. The molecule has 2 aromatic rings. The number of rotatable bonds is 5. The van der Waals surface area contributed by atoms with Gasteiger partial charge in [-0.2, -0.15) is 5.10 Å². The van der Waals surface area contributed by atoms with E-state index in [4.69, 9.17) is 16.3 Å². The zero-order chi connectivity index (χ0) is 15.2. The second-order valence-electron chi connectivity index (χ2n) is 4.24. The van der Waals surface area contributed by atoms with Gasteiger partial charge in [-0.15, -0.1) is 0 Å². The van der Waals surface area contributed by atoms with E-state index in [0.29, 0.717) is 20.9 Å². The summed E-state index contributed by atoms with van der Waals surface area (Å²) in [5, 5.41) is 14.6. The monoisotopic (exact) mass is 416 g/mol. The number of hydrogen-bond acceptors (Lipinski definition) is 4. The average Bonchev–Trinajstić information content (AvgIpc) is 2.48. The number of phenolic OH excluding ortho intramolecular Hbond substituents is 1. The Morgan fingerprint density at radius 3 is 2.86 bits per heavy atom. The lowest BCUT2D eigenvalue weighted by molar-refractivity contribution is 0.371. The van der Waals surface area contributed by atoms with Crippen LogP contribution in [0, 0.1) is 3.57 Å². The molecule has 2 rings (SSSR count). The van der Waals surface area contributed by atoms with Crippen LogP contribution in [-0.4, -0.2) is 18.4 Å². The molecule has 21 heavy (non-hydrogen) atoms. The minimum absolute atomic E-state index is 0.138.